The predicted octanol–water partition coefficient (Wildman–Crippen LogP) is 3.99. The monoisotopic (exact) mass is 391 g/mol. The number of piperidine rings is 1. The first-order valence-electron chi connectivity index (χ1n) is 9.09. The summed E-state index contributed by atoms with van der Waals surface area (Å²) in [7, 11) is 0. The number of hydrogen-bond acceptors (Lipinski definition) is 5. The zero-order valence-corrected chi connectivity index (χ0v) is 16.1. The van der Waals surface area contributed by atoms with Gasteiger partial charge in [0.1, 0.15) is 0 Å². The summed E-state index contributed by atoms with van der Waals surface area (Å²) >= 11 is 7.41. The molecule has 1 saturated carbocycles. The number of rotatable bonds is 6. The Morgan fingerprint density at radius 1 is 1.23 bits per heavy atom. The highest BCUT2D eigenvalue weighted by Crippen LogP contribution is 2.41. The van der Waals surface area contributed by atoms with Crippen molar-refractivity contribution in [3.63, 3.8) is 0 Å². The first-order valence-corrected chi connectivity index (χ1v) is 10.4. The normalized spacial score (nSPS) is 17.3. The molecule has 2 aliphatic rings. The van der Waals surface area contributed by atoms with Gasteiger partial charge < -0.3 is 10.2 Å². The second-order valence-electron chi connectivity index (χ2n) is 6.78. The largest absolute Gasteiger partial charge is 0.341 e. The maximum atomic E-state index is 12.3. The van der Waals surface area contributed by atoms with Crippen LogP contribution in [0.2, 0.25) is 5.02 Å². The number of thioether (sulfide) groups is 1. The van der Waals surface area contributed by atoms with E-state index in [1.165, 1.54) is 43.9 Å². The molecule has 2 aromatic rings. The first-order chi connectivity index (χ1) is 12.7. The van der Waals surface area contributed by atoms with Crippen LogP contribution in [0.25, 0.3) is 0 Å². The summed E-state index contributed by atoms with van der Waals surface area (Å²) in [6, 6.07) is 7.66. The second kappa shape index (κ2) is 7.88. The maximum absolute atomic E-state index is 12.3. The molecule has 1 aliphatic heterocycles. The topological polar surface area (TPSA) is 63.1 Å². The molecule has 0 spiro atoms. The number of carbonyl (C=O) groups excluding carboxylic acids is 1. The third-order valence-electron chi connectivity index (χ3n) is 4.64. The third kappa shape index (κ3) is 4.15. The number of anilines is 2. The average molecular weight is 392 g/mol. The SMILES string of the molecule is O=C(CSc1nnc(N2CCCCC2)n1C1CC1)Nc1cccc(Cl)c1. The molecule has 1 saturated heterocycles. The Hall–Kier alpha value is -1.73. The second-order valence-corrected chi connectivity index (χ2v) is 8.16. The fourth-order valence-corrected chi connectivity index (χ4v) is 4.21. The molecule has 1 aromatic carbocycles. The summed E-state index contributed by atoms with van der Waals surface area (Å²) in [6.45, 7) is 2.09. The van der Waals surface area contributed by atoms with Crippen molar-refractivity contribution in [2.75, 3.05) is 29.1 Å². The van der Waals surface area contributed by atoms with E-state index in [0.29, 0.717) is 22.5 Å². The van der Waals surface area contributed by atoms with Crippen LogP contribution in [0.3, 0.4) is 0 Å². The fourth-order valence-electron chi connectivity index (χ4n) is 3.22. The molecule has 6 nitrogen and oxygen atoms in total. The van der Waals surface area contributed by atoms with Crippen LogP contribution in [-0.2, 0) is 4.79 Å². The van der Waals surface area contributed by atoms with Crippen LogP contribution in [0.5, 0.6) is 0 Å². The Morgan fingerprint density at radius 3 is 2.77 bits per heavy atom. The smallest absolute Gasteiger partial charge is 0.234 e. The average Bonchev–Trinajstić information content (AvgIpc) is 3.40. The highest BCUT2D eigenvalue weighted by atomic mass is 35.5. The van der Waals surface area contributed by atoms with Gasteiger partial charge in [-0.05, 0) is 50.3 Å². The number of hydrogen-bond donors (Lipinski definition) is 1. The number of amides is 1. The first kappa shape index (κ1) is 17.7. The van der Waals surface area contributed by atoms with E-state index < -0.39 is 0 Å². The van der Waals surface area contributed by atoms with Gasteiger partial charge in [0, 0.05) is 29.8 Å². The van der Waals surface area contributed by atoms with Crippen LogP contribution in [-0.4, -0.2) is 39.5 Å². The minimum Gasteiger partial charge on any atom is -0.341 e. The lowest BCUT2D eigenvalue weighted by Crippen LogP contribution is -2.32. The lowest BCUT2D eigenvalue weighted by Gasteiger charge is -2.27. The molecule has 1 aliphatic carbocycles. The van der Waals surface area contributed by atoms with E-state index >= 15 is 0 Å². The molecule has 138 valence electrons. The van der Waals surface area contributed by atoms with Crippen LogP contribution in [0, 0.1) is 0 Å². The van der Waals surface area contributed by atoms with Gasteiger partial charge in [-0.2, -0.15) is 0 Å². The molecule has 0 bridgehead atoms. The van der Waals surface area contributed by atoms with Crippen LogP contribution in [0.15, 0.2) is 29.4 Å². The number of benzene rings is 1. The van der Waals surface area contributed by atoms with Gasteiger partial charge in [0.05, 0.1) is 5.75 Å². The van der Waals surface area contributed by atoms with E-state index in [9.17, 15) is 4.79 Å². The van der Waals surface area contributed by atoms with Gasteiger partial charge in [-0.1, -0.05) is 29.4 Å². The third-order valence-corrected chi connectivity index (χ3v) is 5.82. The lowest BCUT2D eigenvalue weighted by molar-refractivity contribution is -0.113. The molecule has 26 heavy (non-hydrogen) atoms. The molecule has 1 N–H and O–H groups in total. The molecule has 2 heterocycles. The predicted molar refractivity (Wildman–Crippen MR) is 105 cm³/mol. The zero-order valence-electron chi connectivity index (χ0n) is 14.5. The van der Waals surface area contributed by atoms with Crippen LogP contribution in [0.1, 0.15) is 38.1 Å². The van der Waals surface area contributed by atoms with Gasteiger partial charge in [0.2, 0.25) is 11.9 Å². The summed E-state index contributed by atoms with van der Waals surface area (Å²) in [6.07, 6.45) is 6.05. The quantitative estimate of drug-likeness (QED) is 0.754. The van der Waals surface area contributed by atoms with Crippen molar-refractivity contribution in [1.29, 1.82) is 0 Å². The number of carbonyl (C=O) groups is 1. The van der Waals surface area contributed by atoms with Gasteiger partial charge in [-0.15, -0.1) is 10.2 Å². The molecule has 1 aromatic heterocycles. The highest BCUT2D eigenvalue weighted by molar-refractivity contribution is 7.99. The summed E-state index contributed by atoms with van der Waals surface area (Å²) in [4.78, 5) is 14.6. The van der Waals surface area contributed by atoms with Gasteiger partial charge in [-0.3, -0.25) is 9.36 Å². The molecule has 0 atom stereocenters. The minimum absolute atomic E-state index is 0.0675. The van der Waals surface area contributed by atoms with Crippen molar-refractivity contribution >= 4 is 40.9 Å². The van der Waals surface area contributed by atoms with E-state index in [-0.39, 0.29) is 5.91 Å². The van der Waals surface area contributed by atoms with Gasteiger partial charge >= 0.3 is 0 Å². The number of aromatic nitrogens is 3. The Morgan fingerprint density at radius 2 is 2.04 bits per heavy atom. The van der Waals surface area contributed by atoms with E-state index in [4.69, 9.17) is 11.6 Å². The Kier molecular flexibility index (Phi) is 5.36. The van der Waals surface area contributed by atoms with E-state index in [1.54, 1.807) is 12.1 Å². The standard InChI is InChI=1S/C18H22ClN5OS/c19-13-5-4-6-14(11-13)20-16(25)12-26-18-22-21-17(24(18)15-7-8-15)23-9-2-1-3-10-23/h4-6,11,15H,1-3,7-10,12H2,(H,20,25). The van der Waals surface area contributed by atoms with E-state index in [1.807, 2.05) is 12.1 Å². The molecule has 4 rings (SSSR count). The zero-order chi connectivity index (χ0) is 17.9. The Labute approximate surface area is 162 Å². The molecule has 8 heteroatoms. The van der Waals surface area contributed by atoms with Crippen LogP contribution >= 0.6 is 23.4 Å². The Bertz CT molecular complexity index is 786. The molecule has 0 unspecified atom stereocenters. The van der Waals surface area contributed by atoms with Gasteiger partial charge in [-0.25, -0.2) is 0 Å². The van der Waals surface area contributed by atoms with Crippen molar-refractivity contribution in [2.45, 2.75) is 43.3 Å². The molecular weight excluding hydrogens is 370 g/mol. The number of halogens is 1. The summed E-state index contributed by atoms with van der Waals surface area (Å²) in [5.41, 5.74) is 0.709. The van der Waals surface area contributed by atoms with Crippen molar-refractivity contribution in [3.8, 4) is 0 Å². The van der Waals surface area contributed by atoms with Gasteiger partial charge in [0.15, 0.2) is 5.16 Å². The molecule has 1 amide bonds. The van der Waals surface area contributed by atoms with Crippen LogP contribution in [0.4, 0.5) is 11.6 Å². The summed E-state index contributed by atoms with van der Waals surface area (Å²) < 4.78 is 2.24. The molecule has 2 fully saturated rings. The number of nitrogens with one attached hydrogen (secondary N) is 1. The fraction of sp³-hybridized carbons (Fsp3) is 0.500. The van der Waals surface area contributed by atoms with Crippen molar-refractivity contribution in [2.24, 2.45) is 0 Å². The van der Waals surface area contributed by atoms with E-state index in [2.05, 4.69) is 25.0 Å². The van der Waals surface area contributed by atoms with Gasteiger partial charge in [0.25, 0.3) is 0 Å². The van der Waals surface area contributed by atoms with Crippen molar-refractivity contribution in [1.82, 2.24) is 14.8 Å². The highest BCUT2D eigenvalue weighted by Gasteiger charge is 2.32. The lowest BCUT2D eigenvalue weighted by atomic mass is 10.1. The summed E-state index contributed by atoms with van der Waals surface area (Å²) in [5.74, 6) is 1.21. The molecular formula is C18H22ClN5OS. The summed E-state index contributed by atoms with van der Waals surface area (Å²) in [5, 5.41) is 13.1. The minimum atomic E-state index is -0.0675. The van der Waals surface area contributed by atoms with Crippen molar-refractivity contribution < 1.29 is 4.79 Å². The van der Waals surface area contributed by atoms with Crippen LogP contribution < -0.4 is 10.2 Å². The number of nitrogens with zero attached hydrogens (tertiary/aromatic N) is 4. The maximum Gasteiger partial charge on any atom is 0.234 e. The van der Waals surface area contributed by atoms with Crippen molar-refractivity contribution in [3.05, 3.63) is 29.3 Å². The molecule has 0 radical (unpaired) electrons. The van der Waals surface area contributed by atoms with E-state index in [0.717, 1.165) is 24.2 Å². The Balaban J connectivity index is 1.41.